The number of carbonyl (C=O) groups is 2. The maximum absolute atomic E-state index is 12.8. The molecule has 0 spiro atoms. The van der Waals surface area contributed by atoms with E-state index in [1.807, 2.05) is 59.3 Å². The molecule has 0 aliphatic carbocycles. The quantitative estimate of drug-likeness (QED) is 0.330. The van der Waals surface area contributed by atoms with E-state index in [0.29, 0.717) is 31.1 Å². The topological polar surface area (TPSA) is 102 Å². The molecule has 2 amide bonds. The molecular weight excluding hydrogens is 497 g/mol. The van der Waals surface area contributed by atoms with Gasteiger partial charge in [0, 0.05) is 19.2 Å². The molecule has 3 rings (SSSR count). The SMILES string of the molecule is CC(C)C[C@H](NCCc1ccccc1)C(=O)NC(=O)[C@@H](N)Cc1cn(Cc2ccccc2)cn1.Cl.Cl. The first-order valence-electron chi connectivity index (χ1n) is 11.8. The van der Waals surface area contributed by atoms with Crippen LogP contribution in [0.25, 0.3) is 0 Å². The van der Waals surface area contributed by atoms with Crippen LogP contribution in [0.4, 0.5) is 0 Å². The Hall–Kier alpha value is -2.71. The van der Waals surface area contributed by atoms with Crippen LogP contribution in [0.2, 0.25) is 0 Å². The number of benzene rings is 2. The van der Waals surface area contributed by atoms with Crippen molar-refractivity contribution in [2.75, 3.05) is 6.54 Å². The normalized spacial score (nSPS) is 12.2. The smallest absolute Gasteiger partial charge is 0.243 e. The van der Waals surface area contributed by atoms with E-state index in [9.17, 15) is 9.59 Å². The third-order valence-electron chi connectivity index (χ3n) is 5.58. The molecule has 0 aliphatic rings. The number of imide groups is 1. The Morgan fingerprint density at radius 2 is 1.56 bits per heavy atom. The summed E-state index contributed by atoms with van der Waals surface area (Å²) in [6.45, 7) is 5.45. The van der Waals surface area contributed by atoms with Crippen LogP contribution in [-0.2, 0) is 29.0 Å². The number of rotatable bonds is 12. The molecule has 9 heteroatoms. The third kappa shape index (κ3) is 10.5. The van der Waals surface area contributed by atoms with Crippen molar-refractivity contribution >= 4 is 36.6 Å². The van der Waals surface area contributed by atoms with Crippen molar-refractivity contribution in [3.8, 4) is 0 Å². The van der Waals surface area contributed by atoms with Crippen LogP contribution in [-0.4, -0.2) is 40.0 Å². The van der Waals surface area contributed by atoms with Gasteiger partial charge in [0.2, 0.25) is 11.8 Å². The van der Waals surface area contributed by atoms with E-state index >= 15 is 0 Å². The standard InChI is InChI=1S/C27H35N5O2.2ClH/c1-20(2)15-25(29-14-13-21-9-5-3-6-10-21)27(34)31-26(33)24(28)16-23-18-32(19-30-23)17-22-11-7-4-8-12-22;;/h3-12,18-20,24-25,29H,13-17,28H2,1-2H3,(H,31,33,34);2*1H/t24-,25-;;/m0../s1. The molecule has 3 aromatic rings. The summed E-state index contributed by atoms with van der Waals surface area (Å²) >= 11 is 0. The molecule has 4 N–H and O–H groups in total. The molecular formula is C27H37Cl2N5O2. The van der Waals surface area contributed by atoms with Crippen molar-refractivity contribution in [1.82, 2.24) is 20.2 Å². The van der Waals surface area contributed by atoms with E-state index < -0.39 is 18.0 Å². The lowest BCUT2D eigenvalue weighted by Crippen LogP contribution is -2.52. The highest BCUT2D eigenvalue weighted by Crippen LogP contribution is 2.08. The van der Waals surface area contributed by atoms with E-state index in [1.54, 1.807) is 6.33 Å². The maximum Gasteiger partial charge on any atom is 0.243 e. The summed E-state index contributed by atoms with van der Waals surface area (Å²) in [5.74, 6) is -0.518. The number of carbonyl (C=O) groups excluding carboxylic acids is 2. The zero-order valence-electron chi connectivity index (χ0n) is 20.8. The van der Waals surface area contributed by atoms with Gasteiger partial charge < -0.3 is 15.6 Å². The average molecular weight is 535 g/mol. The Morgan fingerprint density at radius 3 is 2.17 bits per heavy atom. The van der Waals surface area contributed by atoms with E-state index in [2.05, 4.69) is 41.6 Å². The van der Waals surface area contributed by atoms with Crippen LogP contribution in [0.1, 0.15) is 37.1 Å². The molecule has 7 nitrogen and oxygen atoms in total. The van der Waals surface area contributed by atoms with E-state index in [4.69, 9.17) is 5.73 Å². The molecule has 0 radical (unpaired) electrons. The van der Waals surface area contributed by atoms with Gasteiger partial charge in [-0.25, -0.2) is 4.98 Å². The number of nitrogens with one attached hydrogen (secondary N) is 2. The van der Waals surface area contributed by atoms with E-state index in [0.717, 1.165) is 12.0 Å². The number of aromatic nitrogens is 2. The lowest BCUT2D eigenvalue weighted by atomic mass is 10.0. The largest absolute Gasteiger partial charge is 0.333 e. The summed E-state index contributed by atoms with van der Waals surface area (Å²) in [5.41, 5.74) is 9.18. The first-order chi connectivity index (χ1) is 16.4. The molecule has 0 saturated heterocycles. The van der Waals surface area contributed by atoms with Crippen LogP contribution >= 0.6 is 24.8 Å². The number of imidazole rings is 1. The minimum Gasteiger partial charge on any atom is -0.333 e. The Labute approximate surface area is 226 Å². The van der Waals surface area contributed by atoms with Crippen molar-refractivity contribution in [1.29, 1.82) is 0 Å². The van der Waals surface area contributed by atoms with Gasteiger partial charge in [-0.2, -0.15) is 0 Å². The van der Waals surface area contributed by atoms with E-state index in [1.165, 1.54) is 5.56 Å². The summed E-state index contributed by atoms with van der Waals surface area (Å²) in [4.78, 5) is 29.8. The molecule has 2 atom stereocenters. The van der Waals surface area contributed by atoms with Gasteiger partial charge in [0.15, 0.2) is 0 Å². The monoisotopic (exact) mass is 533 g/mol. The fourth-order valence-electron chi connectivity index (χ4n) is 3.80. The summed E-state index contributed by atoms with van der Waals surface area (Å²) < 4.78 is 1.95. The predicted molar refractivity (Wildman–Crippen MR) is 148 cm³/mol. The minimum atomic E-state index is -0.854. The number of halogens is 2. The number of hydrogen-bond acceptors (Lipinski definition) is 5. The first kappa shape index (κ1) is 31.3. The van der Waals surface area contributed by atoms with Crippen LogP contribution in [0, 0.1) is 5.92 Å². The highest BCUT2D eigenvalue weighted by atomic mass is 35.5. The molecule has 196 valence electrons. The van der Waals surface area contributed by atoms with Crippen molar-refractivity contribution in [3.63, 3.8) is 0 Å². The van der Waals surface area contributed by atoms with Gasteiger partial charge in [0.1, 0.15) is 0 Å². The van der Waals surface area contributed by atoms with Gasteiger partial charge in [0.05, 0.1) is 24.1 Å². The lowest BCUT2D eigenvalue weighted by molar-refractivity contribution is -0.132. The fraction of sp³-hybridized carbons (Fsp3) is 0.370. The summed E-state index contributed by atoms with van der Waals surface area (Å²) in [6.07, 6.45) is 5.31. The number of nitrogens with zero attached hydrogens (tertiary/aromatic N) is 2. The summed E-state index contributed by atoms with van der Waals surface area (Å²) in [7, 11) is 0. The Kier molecular flexibility index (Phi) is 14.0. The second-order valence-corrected chi connectivity index (χ2v) is 9.06. The second kappa shape index (κ2) is 16.1. The van der Waals surface area contributed by atoms with Crippen LogP contribution in [0.5, 0.6) is 0 Å². The zero-order chi connectivity index (χ0) is 24.3. The van der Waals surface area contributed by atoms with E-state index in [-0.39, 0.29) is 37.1 Å². The highest BCUT2D eigenvalue weighted by Gasteiger charge is 2.24. The number of amides is 2. The van der Waals surface area contributed by atoms with Crippen LogP contribution in [0.15, 0.2) is 73.2 Å². The molecule has 36 heavy (non-hydrogen) atoms. The molecule has 0 fully saturated rings. The first-order valence-corrected chi connectivity index (χ1v) is 11.8. The highest BCUT2D eigenvalue weighted by molar-refractivity contribution is 6.00. The second-order valence-electron chi connectivity index (χ2n) is 9.06. The maximum atomic E-state index is 12.8. The zero-order valence-corrected chi connectivity index (χ0v) is 22.4. The molecule has 2 aromatic carbocycles. The van der Waals surface area contributed by atoms with Gasteiger partial charge in [-0.1, -0.05) is 74.5 Å². The van der Waals surface area contributed by atoms with Crippen molar-refractivity contribution < 1.29 is 9.59 Å². The van der Waals surface area contributed by atoms with Gasteiger partial charge in [-0.15, -0.1) is 24.8 Å². The summed E-state index contributed by atoms with van der Waals surface area (Å²) in [6, 6.07) is 18.8. The molecule has 1 aromatic heterocycles. The van der Waals surface area contributed by atoms with Crippen LogP contribution < -0.4 is 16.4 Å². The molecule has 0 unspecified atom stereocenters. The minimum absolute atomic E-state index is 0. The fourth-order valence-corrected chi connectivity index (χ4v) is 3.80. The molecule has 0 aliphatic heterocycles. The molecule has 1 heterocycles. The van der Waals surface area contributed by atoms with Gasteiger partial charge >= 0.3 is 0 Å². The number of hydrogen-bond donors (Lipinski definition) is 3. The summed E-state index contributed by atoms with van der Waals surface area (Å²) in [5, 5.41) is 5.80. The number of nitrogens with two attached hydrogens (primary N) is 1. The Bertz CT molecular complexity index is 1040. The third-order valence-corrected chi connectivity index (χ3v) is 5.58. The molecule has 0 saturated carbocycles. The van der Waals surface area contributed by atoms with Crippen molar-refractivity contribution in [2.45, 2.75) is 51.7 Å². The molecule has 0 bridgehead atoms. The van der Waals surface area contributed by atoms with Crippen LogP contribution in [0.3, 0.4) is 0 Å². The Morgan fingerprint density at radius 1 is 0.944 bits per heavy atom. The van der Waals surface area contributed by atoms with Gasteiger partial charge in [0.25, 0.3) is 0 Å². The average Bonchev–Trinajstić information content (AvgIpc) is 3.26. The van der Waals surface area contributed by atoms with Gasteiger partial charge in [-0.3, -0.25) is 14.9 Å². The van der Waals surface area contributed by atoms with Crippen molar-refractivity contribution in [3.05, 3.63) is 90.0 Å². The lowest BCUT2D eigenvalue weighted by Gasteiger charge is -2.21. The van der Waals surface area contributed by atoms with Crippen molar-refractivity contribution in [2.24, 2.45) is 11.7 Å². The predicted octanol–water partition coefficient (Wildman–Crippen LogP) is 3.53. The Balaban J connectivity index is 0.00000324. The van der Waals surface area contributed by atoms with Gasteiger partial charge in [-0.05, 0) is 36.4 Å².